The van der Waals surface area contributed by atoms with Crippen LogP contribution < -0.4 is 9.47 Å². The Morgan fingerprint density at radius 1 is 0.944 bits per heavy atom. The molecule has 3 aliphatic rings. The van der Waals surface area contributed by atoms with E-state index in [2.05, 4.69) is 17.0 Å². The number of amides is 2. The van der Waals surface area contributed by atoms with Crippen molar-refractivity contribution in [2.75, 3.05) is 45.9 Å². The number of piperazine rings is 1. The molecule has 2 aromatic rings. The maximum atomic E-state index is 12.8. The summed E-state index contributed by atoms with van der Waals surface area (Å²) in [6, 6.07) is 15.5. The maximum absolute atomic E-state index is 12.8. The van der Waals surface area contributed by atoms with Crippen LogP contribution in [-0.4, -0.2) is 83.8 Å². The van der Waals surface area contributed by atoms with Crippen LogP contribution in [0.3, 0.4) is 0 Å². The molecule has 5 rings (SSSR count). The quantitative estimate of drug-likeness (QED) is 0.640. The molecule has 0 radical (unpaired) electrons. The van der Waals surface area contributed by atoms with Crippen molar-refractivity contribution in [3.63, 3.8) is 0 Å². The molecule has 36 heavy (non-hydrogen) atoms. The first-order chi connectivity index (χ1) is 17.4. The molecule has 0 bridgehead atoms. The zero-order chi connectivity index (χ0) is 25.1. The highest BCUT2D eigenvalue weighted by Gasteiger charge is 2.43. The van der Waals surface area contributed by atoms with Crippen molar-refractivity contribution in [2.45, 2.75) is 38.3 Å². The van der Waals surface area contributed by atoms with Crippen LogP contribution in [0.5, 0.6) is 11.5 Å². The molecule has 0 aliphatic carbocycles. The van der Waals surface area contributed by atoms with Gasteiger partial charge >= 0.3 is 0 Å². The van der Waals surface area contributed by atoms with Gasteiger partial charge in [-0.1, -0.05) is 30.3 Å². The molecule has 3 aliphatic heterocycles. The third-order valence-electron chi connectivity index (χ3n) is 7.52. The average molecular weight is 492 g/mol. The first-order valence-corrected chi connectivity index (χ1v) is 12.7. The summed E-state index contributed by atoms with van der Waals surface area (Å²) in [5.41, 5.74) is 1.24. The Balaban J connectivity index is 1.14. The van der Waals surface area contributed by atoms with Gasteiger partial charge in [0, 0.05) is 71.6 Å². The summed E-state index contributed by atoms with van der Waals surface area (Å²) in [4.78, 5) is 43.3. The van der Waals surface area contributed by atoms with Gasteiger partial charge in [-0.25, -0.2) is 0 Å². The lowest BCUT2D eigenvalue weighted by molar-refractivity contribution is -0.135. The third-order valence-corrected chi connectivity index (χ3v) is 7.52. The lowest BCUT2D eigenvalue weighted by atomic mass is 9.82. The SMILES string of the molecule is CC(=O)N1CCC2(CC1)CC(=O)c1ccc(OCC(=O)N3CCN(Cc4ccccc4)CC3)cc1O2. The van der Waals surface area contributed by atoms with Crippen molar-refractivity contribution in [3.05, 3.63) is 59.7 Å². The maximum Gasteiger partial charge on any atom is 0.260 e. The number of likely N-dealkylation sites (tertiary alicyclic amines) is 1. The second-order valence-corrected chi connectivity index (χ2v) is 9.98. The Bertz CT molecular complexity index is 1120. The number of hydrogen-bond acceptors (Lipinski definition) is 6. The molecule has 2 saturated heterocycles. The van der Waals surface area contributed by atoms with Gasteiger partial charge in [0.15, 0.2) is 12.4 Å². The van der Waals surface area contributed by atoms with Gasteiger partial charge in [0.2, 0.25) is 5.91 Å². The van der Waals surface area contributed by atoms with Gasteiger partial charge in [-0.15, -0.1) is 0 Å². The molecule has 1 spiro atoms. The van der Waals surface area contributed by atoms with Crippen LogP contribution in [0.2, 0.25) is 0 Å². The molecule has 190 valence electrons. The topological polar surface area (TPSA) is 79.4 Å². The van der Waals surface area contributed by atoms with Crippen LogP contribution in [0.4, 0.5) is 0 Å². The molecule has 2 aromatic carbocycles. The average Bonchev–Trinajstić information content (AvgIpc) is 2.88. The normalized spacial score (nSPS) is 19.5. The minimum Gasteiger partial charge on any atom is -0.486 e. The second kappa shape index (κ2) is 10.3. The van der Waals surface area contributed by atoms with Crippen LogP contribution in [-0.2, 0) is 16.1 Å². The van der Waals surface area contributed by atoms with Gasteiger partial charge in [0.05, 0.1) is 12.0 Å². The summed E-state index contributed by atoms with van der Waals surface area (Å²) in [7, 11) is 0. The molecule has 0 unspecified atom stereocenters. The number of ether oxygens (including phenoxy) is 2. The number of benzene rings is 2. The van der Waals surface area contributed by atoms with E-state index in [-0.39, 0.29) is 24.2 Å². The predicted octanol–water partition coefficient (Wildman–Crippen LogP) is 2.76. The van der Waals surface area contributed by atoms with E-state index < -0.39 is 5.60 Å². The van der Waals surface area contributed by atoms with E-state index in [1.807, 2.05) is 23.1 Å². The van der Waals surface area contributed by atoms with Crippen molar-refractivity contribution >= 4 is 17.6 Å². The largest absolute Gasteiger partial charge is 0.486 e. The monoisotopic (exact) mass is 491 g/mol. The predicted molar refractivity (Wildman–Crippen MR) is 134 cm³/mol. The van der Waals surface area contributed by atoms with E-state index in [0.29, 0.717) is 62.5 Å². The Morgan fingerprint density at radius 3 is 2.36 bits per heavy atom. The number of fused-ring (bicyclic) bond motifs is 1. The van der Waals surface area contributed by atoms with Crippen LogP contribution in [0.25, 0.3) is 0 Å². The van der Waals surface area contributed by atoms with Crippen LogP contribution in [0, 0.1) is 0 Å². The smallest absolute Gasteiger partial charge is 0.260 e. The highest BCUT2D eigenvalue weighted by Crippen LogP contribution is 2.40. The van der Waals surface area contributed by atoms with Crippen LogP contribution >= 0.6 is 0 Å². The molecular formula is C28H33N3O5. The van der Waals surface area contributed by atoms with Gasteiger partial charge < -0.3 is 19.3 Å². The van der Waals surface area contributed by atoms with Gasteiger partial charge in [0.1, 0.15) is 17.1 Å². The number of hydrogen-bond donors (Lipinski definition) is 0. The van der Waals surface area contributed by atoms with Gasteiger partial charge in [-0.05, 0) is 17.7 Å². The Hall–Kier alpha value is -3.39. The molecule has 2 amide bonds. The van der Waals surface area contributed by atoms with Crippen molar-refractivity contribution in [1.82, 2.24) is 14.7 Å². The summed E-state index contributed by atoms with van der Waals surface area (Å²) in [6.07, 6.45) is 1.57. The lowest BCUT2D eigenvalue weighted by Gasteiger charge is -2.43. The van der Waals surface area contributed by atoms with E-state index in [0.717, 1.165) is 19.6 Å². The second-order valence-electron chi connectivity index (χ2n) is 9.98. The number of rotatable bonds is 5. The number of carbonyl (C=O) groups excluding carboxylic acids is 3. The summed E-state index contributed by atoms with van der Waals surface area (Å²) in [5.74, 6) is 1.06. The Kier molecular flexibility index (Phi) is 6.96. The summed E-state index contributed by atoms with van der Waals surface area (Å²) in [6.45, 7) is 6.59. The fraction of sp³-hybridized carbons (Fsp3) is 0.464. The Labute approximate surface area is 211 Å². The molecule has 8 heteroatoms. The van der Waals surface area contributed by atoms with E-state index in [1.54, 1.807) is 30.0 Å². The molecule has 3 heterocycles. The minimum absolute atomic E-state index is 0.0443. The zero-order valence-electron chi connectivity index (χ0n) is 20.8. The first kappa shape index (κ1) is 24.3. The molecule has 0 atom stereocenters. The molecule has 0 N–H and O–H groups in total. The number of piperidine rings is 1. The van der Waals surface area contributed by atoms with E-state index in [1.165, 1.54) is 5.56 Å². The summed E-state index contributed by atoms with van der Waals surface area (Å²) in [5, 5.41) is 0. The van der Waals surface area contributed by atoms with Crippen molar-refractivity contribution in [1.29, 1.82) is 0 Å². The highest BCUT2D eigenvalue weighted by atomic mass is 16.5. The van der Waals surface area contributed by atoms with E-state index in [4.69, 9.17) is 9.47 Å². The molecule has 2 fully saturated rings. The van der Waals surface area contributed by atoms with Gasteiger partial charge in [-0.2, -0.15) is 0 Å². The molecule has 0 aromatic heterocycles. The fourth-order valence-electron chi connectivity index (χ4n) is 5.31. The molecular weight excluding hydrogens is 458 g/mol. The summed E-state index contributed by atoms with van der Waals surface area (Å²) < 4.78 is 12.2. The lowest BCUT2D eigenvalue weighted by Crippen LogP contribution is -2.51. The molecule has 8 nitrogen and oxygen atoms in total. The standard InChI is InChI=1S/C28H33N3O5/c1-21(32)30-11-9-28(10-12-30)18-25(33)24-8-7-23(17-26(24)36-28)35-20-27(34)31-15-13-29(14-16-31)19-22-5-3-2-4-6-22/h2-8,17H,9-16,18-20H2,1H3. The van der Waals surface area contributed by atoms with E-state index >= 15 is 0 Å². The van der Waals surface area contributed by atoms with Gasteiger partial charge in [-0.3, -0.25) is 19.3 Å². The van der Waals surface area contributed by atoms with E-state index in [9.17, 15) is 14.4 Å². The minimum atomic E-state index is -0.579. The van der Waals surface area contributed by atoms with Crippen molar-refractivity contribution < 1.29 is 23.9 Å². The first-order valence-electron chi connectivity index (χ1n) is 12.7. The van der Waals surface area contributed by atoms with Gasteiger partial charge in [0.25, 0.3) is 5.91 Å². The van der Waals surface area contributed by atoms with Crippen LogP contribution in [0.1, 0.15) is 42.1 Å². The number of carbonyl (C=O) groups is 3. The highest BCUT2D eigenvalue weighted by molar-refractivity contribution is 6.00. The molecule has 0 saturated carbocycles. The fourth-order valence-corrected chi connectivity index (χ4v) is 5.31. The summed E-state index contributed by atoms with van der Waals surface area (Å²) >= 11 is 0. The number of nitrogens with zero attached hydrogens (tertiary/aromatic N) is 3. The van der Waals surface area contributed by atoms with Crippen molar-refractivity contribution in [3.8, 4) is 11.5 Å². The van der Waals surface area contributed by atoms with Crippen LogP contribution in [0.15, 0.2) is 48.5 Å². The number of Topliss-reactive ketones (excluding diaryl/α,β-unsaturated/α-hetero) is 1. The zero-order valence-corrected chi connectivity index (χ0v) is 20.8. The third kappa shape index (κ3) is 5.38. The number of ketones is 1. The Morgan fingerprint density at radius 2 is 1.67 bits per heavy atom. The van der Waals surface area contributed by atoms with Crippen molar-refractivity contribution in [2.24, 2.45) is 0 Å².